The van der Waals surface area contributed by atoms with Crippen molar-refractivity contribution in [3.63, 3.8) is 0 Å². The zero-order valence-corrected chi connectivity index (χ0v) is 16.7. The fourth-order valence-corrected chi connectivity index (χ4v) is 3.55. The first-order valence-electron chi connectivity index (χ1n) is 9.27. The van der Waals surface area contributed by atoms with E-state index in [1.807, 2.05) is 6.07 Å². The molecular formula is C20H33N3OS. The average molecular weight is 364 g/mol. The van der Waals surface area contributed by atoms with Crippen molar-refractivity contribution >= 4 is 23.1 Å². The number of hydrogen-bond acceptors (Lipinski definition) is 3. The molecule has 140 valence electrons. The molecule has 1 aromatic rings. The number of nitrogens with one attached hydrogen (secondary N) is 1. The normalized spacial score (nSPS) is 11.5. The molecule has 1 aromatic carbocycles. The van der Waals surface area contributed by atoms with E-state index < -0.39 is 5.41 Å². The maximum Gasteiger partial charge on any atom is 0.233 e. The summed E-state index contributed by atoms with van der Waals surface area (Å²) in [6, 6.07) is 10.4. The molecule has 0 spiro atoms. The van der Waals surface area contributed by atoms with Gasteiger partial charge in [-0.3, -0.25) is 4.79 Å². The monoisotopic (exact) mass is 363 g/mol. The number of nitrogens with zero attached hydrogens (tertiary/aromatic N) is 1. The second kappa shape index (κ2) is 11.2. The summed E-state index contributed by atoms with van der Waals surface area (Å²) in [6.45, 7) is 6.62. The third-order valence-electron chi connectivity index (χ3n) is 4.56. The van der Waals surface area contributed by atoms with Crippen molar-refractivity contribution in [3.8, 4) is 0 Å². The lowest BCUT2D eigenvalue weighted by Crippen LogP contribution is -2.49. The second-order valence-electron chi connectivity index (χ2n) is 6.78. The lowest BCUT2D eigenvalue weighted by molar-refractivity contribution is -0.128. The highest BCUT2D eigenvalue weighted by atomic mass is 32.1. The molecule has 3 N–H and O–H groups in total. The van der Waals surface area contributed by atoms with Gasteiger partial charge in [-0.25, -0.2) is 0 Å². The van der Waals surface area contributed by atoms with Crippen LogP contribution in [-0.2, 0) is 11.3 Å². The fraction of sp³-hybridized carbons (Fsp3) is 0.600. The smallest absolute Gasteiger partial charge is 0.233 e. The molecule has 0 heterocycles. The van der Waals surface area contributed by atoms with Crippen LogP contribution in [0.15, 0.2) is 30.3 Å². The fourth-order valence-electron chi connectivity index (χ4n) is 3.26. The van der Waals surface area contributed by atoms with Gasteiger partial charge in [-0.2, -0.15) is 0 Å². The Morgan fingerprint density at radius 1 is 1.20 bits per heavy atom. The van der Waals surface area contributed by atoms with Gasteiger partial charge in [0.1, 0.15) is 0 Å². The average Bonchev–Trinajstić information content (AvgIpc) is 2.58. The Kier molecular flexibility index (Phi) is 9.68. The number of carbonyl (C=O) groups is 1. The first-order chi connectivity index (χ1) is 12.0. The number of thiocarbonyl (C=S) groups is 1. The predicted octanol–water partition coefficient (Wildman–Crippen LogP) is 3.50. The van der Waals surface area contributed by atoms with Crippen LogP contribution in [0.2, 0.25) is 0 Å². The van der Waals surface area contributed by atoms with E-state index in [1.54, 1.807) is 0 Å². The number of nitrogens with two attached hydrogens (primary N) is 1. The molecule has 0 aliphatic heterocycles. The highest BCUT2D eigenvalue weighted by molar-refractivity contribution is 7.80. The Morgan fingerprint density at radius 3 is 2.32 bits per heavy atom. The summed E-state index contributed by atoms with van der Waals surface area (Å²) in [5, 5.41) is 3.06. The van der Waals surface area contributed by atoms with Crippen LogP contribution in [0.5, 0.6) is 0 Å². The summed E-state index contributed by atoms with van der Waals surface area (Å²) in [5.41, 5.74) is 6.56. The molecule has 1 amide bonds. The summed E-state index contributed by atoms with van der Waals surface area (Å²) >= 11 is 5.24. The maximum atomic E-state index is 12.7. The van der Waals surface area contributed by atoms with Crippen LogP contribution in [0.1, 0.15) is 51.5 Å². The van der Waals surface area contributed by atoms with Crippen molar-refractivity contribution < 1.29 is 4.79 Å². The van der Waals surface area contributed by atoms with E-state index in [4.69, 9.17) is 18.0 Å². The summed E-state index contributed by atoms with van der Waals surface area (Å²) in [7, 11) is 2.10. The van der Waals surface area contributed by atoms with Gasteiger partial charge >= 0.3 is 0 Å². The van der Waals surface area contributed by atoms with E-state index in [1.165, 1.54) is 5.56 Å². The van der Waals surface area contributed by atoms with E-state index in [9.17, 15) is 4.79 Å². The molecule has 0 aliphatic rings. The summed E-state index contributed by atoms with van der Waals surface area (Å²) in [6.07, 6.45) is 4.13. The maximum absolute atomic E-state index is 12.7. The third-order valence-corrected chi connectivity index (χ3v) is 4.95. The SMILES string of the molecule is CCCC(CCC)(C(=O)NCCCN(C)Cc1ccccc1)C(N)=S. The highest BCUT2D eigenvalue weighted by Crippen LogP contribution is 2.30. The molecule has 0 radical (unpaired) electrons. The van der Waals surface area contributed by atoms with Crippen LogP contribution in [0.4, 0.5) is 0 Å². The Hall–Kier alpha value is -1.46. The largest absolute Gasteiger partial charge is 0.392 e. The standard InChI is InChI=1S/C20H33N3OS/c1-4-12-20(13-5-2,18(21)25)19(24)22-14-9-15-23(3)16-17-10-7-6-8-11-17/h6-8,10-11H,4-5,9,12-16H2,1-3H3,(H2,21,25)(H,22,24). The van der Waals surface area contributed by atoms with Crippen LogP contribution in [0, 0.1) is 5.41 Å². The molecule has 0 saturated heterocycles. The number of carbonyl (C=O) groups excluding carboxylic acids is 1. The summed E-state index contributed by atoms with van der Waals surface area (Å²) < 4.78 is 0. The van der Waals surface area contributed by atoms with Crippen molar-refractivity contribution in [3.05, 3.63) is 35.9 Å². The number of hydrogen-bond donors (Lipinski definition) is 2. The van der Waals surface area contributed by atoms with Gasteiger partial charge in [0, 0.05) is 13.1 Å². The molecule has 0 unspecified atom stereocenters. The van der Waals surface area contributed by atoms with Crippen LogP contribution in [0.25, 0.3) is 0 Å². The Morgan fingerprint density at radius 2 is 1.80 bits per heavy atom. The molecule has 25 heavy (non-hydrogen) atoms. The molecule has 4 nitrogen and oxygen atoms in total. The minimum Gasteiger partial charge on any atom is -0.392 e. The minimum atomic E-state index is -0.686. The zero-order chi connectivity index (χ0) is 18.7. The van der Waals surface area contributed by atoms with E-state index in [0.717, 1.165) is 45.2 Å². The molecular weight excluding hydrogens is 330 g/mol. The first-order valence-corrected chi connectivity index (χ1v) is 9.67. The summed E-state index contributed by atoms with van der Waals surface area (Å²) in [4.78, 5) is 15.3. The Balaban J connectivity index is 2.44. The number of amides is 1. The van der Waals surface area contributed by atoms with Crippen molar-refractivity contribution in [1.82, 2.24) is 10.2 Å². The number of rotatable bonds is 12. The van der Waals surface area contributed by atoms with Crippen molar-refractivity contribution in [2.45, 2.75) is 52.5 Å². The Labute approximate surface area is 158 Å². The van der Waals surface area contributed by atoms with Crippen LogP contribution < -0.4 is 11.1 Å². The lowest BCUT2D eigenvalue weighted by Gasteiger charge is -2.31. The molecule has 0 atom stereocenters. The molecule has 0 saturated carbocycles. The molecule has 0 fully saturated rings. The predicted molar refractivity (Wildman–Crippen MR) is 109 cm³/mol. The van der Waals surface area contributed by atoms with Gasteiger partial charge in [0.2, 0.25) is 5.91 Å². The molecule has 1 rings (SSSR count). The van der Waals surface area contributed by atoms with Gasteiger partial charge in [-0.1, -0.05) is 69.2 Å². The van der Waals surface area contributed by atoms with Gasteiger partial charge in [-0.15, -0.1) is 0 Å². The van der Waals surface area contributed by atoms with E-state index in [2.05, 4.69) is 55.4 Å². The minimum absolute atomic E-state index is 0.00517. The number of benzene rings is 1. The van der Waals surface area contributed by atoms with Gasteiger partial charge in [-0.05, 0) is 38.4 Å². The quantitative estimate of drug-likeness (QED) is 0.441. The van der Waals surface area contributed by atoms with Crippen molar-refractivity contribution in [2.24, 2.45) is 11.1 Å². The van der Waals surface area contributed by atoms with Gasteiger partial charge < -0.3 is 16.0 Å². The highest BCUT2D eigenvalue weighted by Gasteiger charge is 2.39. The van der Waals surface area contributed by atoms with Crippen LogP contribution in [-0.4, -0.2) is 35.9 Å². The zero-order valence-electron chi connectivity index (χ0n) is 15.9. The second-order valence-corrected chi connectivity index (χ2v) is 7.22. The molecule has 0 aromatic heterocycles. The van der Waals surface area contributed by atoms with Gasteiger partial charge in [0.15, 0.2) is 0 Å². The molecule has 0 bridgehead atoms. The third kappa shape index (κ3) is 6.75. The van der Waals surface area contributed by atoms with E-state index >= 15 is 0 Å². The summed E-state index contributed by atoms with van der Waals surface area (Å²) in [5.74, 6) is -0.00517. The van der Waals surface area contributed by atoms with Gasteiger partial charge in [0.05, 0.1) is 10.4 Å². The van der Waals surface area contributed by atoms with Crippen LogP contribution in [0.3, 0.4) is 0 Å². The lowest BCUT2D eigenvalue weighted by atomic mass is 9.78. The molecule has 5 heteroatoms. The van der Waals surface area contributed by atoms with E-state index in [-0.39, 0.29) is 5.91 Å². The van der Waals surface area contributed by atoms with Crippen LogP contribution >= 0.6 is 12.2 Å². The van der Waals surface area contributed by atoms with Gasteiger partial charge in [0.25, 0.3) is 0 Å². The van der Waals surface area contributed by atoms with Crippen molar-refractivity contribution in [1.29, 1.82) is 0 Å². The van der Waals surface area contributed by atoms with Crippen molar-refractivity contribution in [2.75, 3.05) is 20.1 Å². The Bertz CT molecular complexity index is 527. The molecule has 0 aliphatic carbocycles. The van der Waals surface area contributed by atoms with E-state index in [0.29, 0.717) is 11.5 Å². The topological polar surface area (TPSA) is 58.4 Å². The first kappa shape index (κ1) is 21.6.